The summed E-state index contributed by atoms with van der Waals surface area (Å²) in [6.07, 6.45) is 0.273. The summed E-state index contributed by atoms with van der Waals surface area (Å²) in [7, 11) is 0. The summed E-state index contributed by atoms with van der Waals surface area (Å²) < 4.78 is 16.3. The van der Waals surface area contributed by atoms with Gasteiger partial charge in [-0.25, -0.2) is 14.4 Å². The van der Waals surface area contributed by atoms with E-state index in [1.165, 1.54) is 4.90 Å². The lowest BCUT2D eigenvalue weighted by atomic mass is 9.97. The second-order valence-electron chi connectivity index (χ2n) is 15.1. The summed E-state index contributed by atoms with van der Waals surface area (Å²) in [5.41, 5.74) is -0.594. The van der Waals surface area contributed by atoms with Gasteiger partial charge in [0, 0.05) is 6.54 Å². The standard InChI is InChI=1S/C36H57N5O8/c1-23(2)20-27-30(40-29(24(3)4)32(44)48-35(5,6)7)39-28(42)21-41(27)31(43)26(18-14-15-19-37-33(45)49-36(8,9)10)38-34(46)47-22-25-16-12-11-13-17-25/h11-13,16-17,23-24,26-27,29H,14-15,18-22H2,1-10H3,(H,37,45)(H,38,46)(H,39,40,42)/t26-,27-,29-/m0/s1. The summed E-state index contributed by atoms with van der Waals surface area (Å²) in [5.74, 6) is -1.45. The summed E-state index contributed by atoms with van der Waals surface area (Å²) in [4.78, 5) is 71.7. The molecule has 0 unspecified atom stereocenters. The number of hydrogen-bond donors (Lipinski definition) is 3. The number of benzene rings is 1. The van der Waals surface area contributed by atoms with Crippen molar-refractivity contribution in [3.05, 3.63) is 35.9 Å². The average molecular weight is 688 g/mol. The second kappa shape index (κ2) is 18.6. The molecule has 1 aliphatic heterocycles. The molecule has 1 fully saturated rings. The molecule has 1 aromatic carbocycles. The molecule has 3 atom stereocenters. The van der Waals surface area contributed by atoms with E-state index in [1.807, 2.05) is 58.0 Å². The third-order valence-corrected chi connectivity index (χ3v) is 7.20. The minimum Gasteiger partial charge on any atom is -0.458 e. The van der Waals surface area contributed by atoms with Crippen LogP contribution in [0.15, 0.2) is 35.3 Å². The van der Waals surface area contributed by atoms with E-state index in [2.05, 4.69) is 16.0 Å². The van der Waals surface area contributed by atoms with Crippen LogP contribution in [0.3, 0.4) is 0 Å². The van der Waals surface area contributed by atoms with Gasteiger partial charge in [-0.15, -0.1) is 0 Å². The Kier molecular flexibility index (Phi) is 15.5. The van der Waals surface area contributed by atoms with Crippen molar-refractivity contribution >= 4 is 35.8 Å². The van der Waals surface area contributed by atoms with Crippen LogP contribution in [0.2, 0.25) is 0 Å². The van der Waals surface area contributed by atoms with Gasteiger partial charge in [0.25, 0.3) is 0 Å². The summed E-state index contributed by atoms with van der Waals surface area (Å²) in [6, 6.07) is 6.52. The van der Waals surface area contributed by atoms with Crippen molar-refractivity contribution in [3.8, 4) is 0 Å². The number of amidine groups is 1. The number of nitrogens with one attached hydrogen (secondary N) is 3. The largest absolute Gasteiger partial charge is 0.458 e. The fourth-order valence-corrected chi connectivity index (χ4v) is 5.04. The number of amides is 4. The van der Waals surface area contributed by atoms with Crippen molar-refractivity contribution in [1.82, 2.24) is 20.9 Å². The van der Waals surface area contributed by atoms with Crippen molar-refractivity contribution in [2.45, 2.75) is 131 Å². The Labute approximate surface area is 291 Å². The van der Waals surface area contributed by atoms with E-state index in [9.17, 15) is 24.0 Å². The number of ether oxygens (including phenoxy) is 3. The third-order valence-electron chi connectivity index (χ3n) is 7.20. The Bertz CT molecular complexity index is 1300. The number of nitrogens with zero attached hydrogens (tertiary/aromatic N) is 2. The quantitative estimate of drug-likeness (QED) is 0.138. The van der Waals surface area contributed by atoms with Crippen LogP contribution in [0.25, 0.3) is 0 Å². The number of carbonyl (C=O) groups excluding carboxylic acids is 5. The molecule has 0 radical (unpaired) electrons. The zero-order chi connectivity index (χ0) is 36.9. The van der Waals surface area contributed by atoms with Crippen LogP contribution >= 0.6 is 0 Å². The summed E-state index contributed by atoms with van der Waals surface area (Å²) >= 11 is 0. The van der Waals surface area contributed by atoms with Gasteiger partial charge in [-0.2, -0.15) is 0 Å². The molecule has 13 heteroatoms. The van der Waals surface area contributed by atoms with E-state index in [1.54, 1.807) is 41.5 Å². The van der Waals surface area contributed by atoms with E-state index in [4.69, 9.17) is 19.2 Å². The Hall–Kier alpha value is -4.16. The molecule has 1 aromatic rings. The number of hydrogen-bond acceptors (Lipinski definition) is 9. The number of carbonyl (C=O) groups is 5. The first kappa shape index (κ1) is 41.0. The van der Waals surface area contributed by atoms with E-state index < -0.39 is 59.3 Å². The van der Waals surface area contributed by atoms with Gasteiger partial charge in [-0.3, -0.25) is 14.6 Å². The zero-order valence-corrected chi connectivity index (χ0v) is 30.9. The fourth-order valence-electron chi connectivity index (χ4n) is 5.04. The molecule has 1 saturated heterocycles. The maximum atomic E-state index is 14.3. The second-order valence-corrected chi connectivity index (χ2v) is 15.1. The molecular weight excluding hydrogens is 630 g/mol. The van der Waals surface area contributed by atoms with Gasteiger partial charge in [0.1, 0.15) is 36.2 Å². The predicted molar refractivity (Wildman–Crippen MR) is 187 cm³/mol. The minimum atomic E-state index is -1.04. The molecule has 1 heterocycles. The summed E-state index contributed by atoms with van der Waals surface area (Å²) in [5, 5.41) is 8.22. The molecule has 13 nitrogen and oxygen atoms in total. The molecule has 49 heavy (non-hydrogen) atoms. The third kappa shape index (κ3) is 15.3. The maximum absolute atomic E-state index is 14.3. The normalized spacial score (nSPS) is 17.3. The number of piperazine rings is 1. The van der Waals surface area contributed by atoms with Crippen LogP contribution in [0.1, 0.15) is 100 Å². The van der Waals surface area contributed by atoms with Crippen molar-refractivity contribution in [3.63, 3.8) is 0 Å². The molecule has 0 aliphatic carbocycles. The molecule has 0 aromatic heterocycles. The highest BCUT2D eigenvalue weighted by atomic mass is 16.6. The van der Waals surface area contributed by atoms with Crippen LogP contribution in [-0.4, -0.2) is 83.1 Å². The highest BCUT2D eigenvalue weighted by molar-refractivity contribution is 6.08. The lowest BCUT2D eigenvalue weighted by molar-refractivity contribution is -0.157. The first-order valence-electron chi connectivity index (χ1n) is 17.1. The van der Waals surface area contributed by atoms with Crippen LogP contribution < -0.4 is 16.0 Å². The molecule has 274 valence electrons. The number of esters is 1. The first-order valence-corrected chi connectivity index (χ1v) is 17.1. The first-order chi connectivity index (χ1) is 22.8. The monoisotopic (exact) mass is 687 g/mol. The van der Waals surface area contributed by atoms with Crippen molar-refractivity contribution in [1.29, 1.82) is 0 Å². The van der Waals surface area contributed by atoms with E-state index in [0.29, 0.717) is 25.8 Å². The number of unbranched alkanes of at least 4 members (excludes halogenated alkanes) is 1. The van der Waals surface area contributed by atoms with Crippen molar-refractivity contribution < 1.29 is 38.2 Å². The number of alkyl carbamates (subject to hydrolysis) is 2. The minimum absolute atomic E-state index is 0.00749. The van der Waals surface area contributed by atoms with Gasteiger partial charge >= 0.3 is 18.2 Å². The zero-order valence-electron chi connectivity index (χ0n) is 30.9. The number of rotatable bonds is 14. The molecule has 3 N–H and O–H groups in total. The molecule has 0 saturated carbocycles. The van der Waals surface area contributed by atoms with Crippen LogP contribution in [0.4, 0.5) is 9.59 Å². The molecule has 1 aliphatic rings. The van der Waals surface area contributed by atoms with E-state index >= 15 is 0 Å². The van der Waals surface area contributed by atoms with Gasteiger partial charge < -0.3 is 35.1 Å². The van der Waals surface area contributed by atoms with Crippen molar-refractivity contribution in [2.75, 3.05) is 13.1 Å². The lowest BCUT2D eigenvalue weighted by Gasteiger charge is -2.39. The number of aliphatic imine (C=N–C) groups is 1. The van der Waals surface area contributed by atoms with Gasteiger partial charge in [-0.05, 0) is 84.6 Å². The molecule has 0 bridgehead atoms. The Morgan fingerprint density at radius 1 is 0.939 bits per heavy atom. The Morgan fingerprint density at radius 2 is 1.57 bits per heavy atom. The topological polar surface area (TPSA) is 165 Å². The lowest BCUT2D eigenvalue weighted by Crippen LogP contribution is -2.63. The molecule has 4 amide bonds. The highest BCUT2D eigenvalue weighted by Gasteiger charge is 2.40. The molecule has 2 rings (SSSR count). The van der Waals surface area contributed by atoms with Crippen LogP contribution in [-0.2, 0) is 35.2 Å². The molecular formula is C36H57N5O8. The smallest absolute Gasteiger partial charge is 0.408 e. The summed E-state index contributed by atoms with van der Waals surface area (Å²) in [6.45, 7) is 18.3. The van der Waals surface area contributed by atoms with Crippen LogP contribution in [0, 0.1) is 11.8 Å². The van der Waals surface area contributed by atoms with Crippen molar-refractivity contribution in [2.24, 2.45) is 16.8 Å². The van der Waals surface area contributed by atoms with Gasteiger partial charge in [0.2, 0.25) is 11.8 Å². The maximum Gasteiger partial charge on any atom is 0.408 e. The average Bonchev–Trinajstić information content (AvgIpc) is 2.97. The van der Waals surface area contributed by atoms with E-state index in [-0.39, 0.29) is 37.2 Å². The van der Waals surface area contributed by atoms with Gasteiger partial charge in [0.05, 0.1) is 6.04 Å². The van der Waals surface area contributed by atoms with Crippen LogP contribution in [0.5, 0.6) is 0 Å². The fraction of sp³-hybridized carbons (Fsp3) is 0.667. The highest BCUT2D eigenvalue weighted by Crippen LogP contribution is 2.22. The predicted octanol–water partition coefficient (Wildman–Crippen LogP) is 5.11. The SMILES string of the molecule is CC(C)C[C@H]1C(=N[C@H](C(=O)OC(C)(C)C)C(C)C)NC(=O)CN1C(=O)[C@H](CCCCNC(=O)OC(C)(C)C)NC(=O)OCc1ccccc1. The van der Waals surface area contributed by atoms with E-state index in [0.717, 1.165) is 5.56 Å². The Balaban J connectivity index is 2.34. The Morgan fingerprint density at radius 3 is 2.14 bits per heavy atom. The molecule has 0 spiro atoms. The van der Waals surface area contributed by atoms with Gasteiger partial charge in [0.15, 0.2) is 6.04 Å². The van der Waals surface area contributed by atoms with Gasteiger partial charge in [-0.1, -0.05) is 58.0 Å².